The first-order chi connectivity index (χ1) is 32.5. The Morgan fingerprint density at radius 2 is 1.24 bits per heavy atom. The second-order valence-electron chi connectivity index (χ2n) is 18.9. The summed E-state index contributed by atoms with van der Waals surface area (Å²) in [5.41, 5.74) is 21.5. The molecule has 0 saturated heterocycles. The fourth-order valence-electron chi connectivity index (χ4n) is 11.3. The van der Waals surface area contributed by atoms with Gasteiger partial charge in [0.1, 0.15) is 22.5 Å². The van der Waals surface area contributed by atoms with E-state index in [1.807, 2.05) is 6.07 Å². The number of benzene rings is 7. The van der Waals surface area contributed by atoms with Crippen LogP contribution in [0.15, 0.2) is 197 Å². The van der Waals surface area contributed by atoms with Gasteiger partial charge < -0.3 is 13.7 Å². The first-order valence-electron chi connectivity index (χ1n) is 23.6. The van der Waals surface area contributed by atoms with Gasteiger partial charge in [-0.2, -0.15) is 0 Å². The van der Waals surface area contributed by atoms with Crippen LogP contribution in [0.25, 0.3) is 83.5 Å². The minimum atomic E-state index is -0.0779. The quantitative estimate of drug-likeness (QED) is 0.160. The number of para-hydroxylation sites is 3. The lowest BCUT2D eigenvalue weighted by Gasteiger charge is -2.34. The maximum atomic E-state index is 6.56. The molecule has 0 N–H and O–H groups in total. The van der Waals surface area contributed by atoms with Crippen LogP contribution in [0, 0.1) is 0 Å². The molecule has 0 bridgehead atoms. The van der Waals surface area contributed by atoms with Crippen molar-refractivity contribution in [3.8, 4) is 33.4 Å². The number of aryl methyl sites for hydroxylation is 1. The highest BCUT2D eigenvalue weighted by molar-refractivity contribution is 6.09. The van der Waals surface area contributed by atoms with Crippen molar-refractivity contribution >= 4 is 61.5 Å². The van der Waals surface area contributed by atoms with Crippen LogP contribution in [-0.2, 0) is 11.8 Å². The maximum Gasteiger partial charge on any atom is 0.143 e. The second kappa shape index (κ2) is 15.2. The summed E-state index contributed by atoms with van der Waals surface area (Å²) in [4.78, 5) is 2.51. The Kier molecular flexibility index (Phi) is 8.96. The molecule has 0 spiro atoms. The van der Waals surface area contributed by atoms with Gasteiger partial charge in [0.05, 0.1) is 6.04 Å². The fourth-order valence-corrected chi connectivity index (χ4v) is 11.3. The van der Waals surface area contributed by atoms with Crippen LogP contribution in [0.4, 0.5) is 11.4 Å². The third-order valence-corrected chi connectivity index (χ3v) is 14.7. The van der Waals surface area contributed by atoms with Crippen LogP contribution in [0.3, 0.4) is 0 Å². The summed E-state index contributed by atoms with van der Waals surface area (Å²) in [6.07, 6.45) is 23.5. The minimum Gasteiger partial charge on any atom is -0.460 e. The molecule has 318 valence electrons. The van der Waals surface area contributed by atoms with Crippen LogP contribution in [0.1, 0.15) is 73.1 Å². The molecule has 0 radical (unpaired) electrons. The summed E-state index contributed by atoms with van der Waals surface area (Å²) in [6.45, 7) is 4.77. The van der Waals surface area contributed by atoms with Crippen LogP contribution in [0.2, 0.25) is 0 Å². The Bertz CT molecular complexity index is 3580. The fraction of sp³-hybridized carbons (Fsp3) is 0.143. The van der Waals surface area contributed by atoms with Gasteiger partial charge in [-0.3, -0.25) is 0 Å². The van der Waals surface area contributed by atoms with Gasteiger partial charge in [0.2, 0.25) is 0 Å². The van der Waals surface area contributed by atoms with Crippen molar-refractivity contribution < 1.29 is 8.83 Å². The lowest BCUT2D eigenvalue weighted by molar-refractivity contribution is 0.547. The Morgan fingerprint density at radius 3 is 2.02 bits per heavy atom. The summed E-state index contributed by atoms with van der Waals surface area (Å²) in [5.74, 6) is 1.09. The molecule has 0 aliphatic heterocycles. The van der Waals surface area contributed by atoms with Gasteiger partial charge in [-0.05, 0) is 124 Å². The topological polar surface area (TPSA) is 29.5 Å². The standard InChI is InChI=1S/C63H49NO2/c1-63(2)57-36-30-44(38-56(57)51-35-29-45(39-58(51)63)40-13-4-3-5-14-40)43-15-10-16-48(37-43)64(46-31-25-41(26-32-46)49-19-11-21-54-52-17-6-8-23-59(52)65-61(49)54)47-33-27-42(28-34-47)50-20-12-22-55-53-18-7-9-24-60(53)66-62(50)55/h4,6-8,10-23,25-36,38-39,48H,3,5,9,24,37H2,1-2H3. The molecule has 2 aromatic heterocycles. The van der Waals surface area contributed by atoms with Gasteiger partial charge >= 0.3 is 0 Å². The predicted octanol–water partition coefficient (Wildman–Crippen LogP) is 17.2. The molecule has 1 atom stereocenters. The van der Waals surface area contributed by atoms with E-state index in [-0.39, 0.29) is 11.5 Å². The molecule has 3 nitrogen and oxygen atoms in total. The van der Waals surface area contributed by atoms with Crippen LogP contribution < -0.4 is 4.90 Å². The molecule has 4 aliphatic rings. The number of nitrogens with zero attached hydrogens (tertiary/aromatic N) is 1. The minimum absolute atomic E-state index is 0.0730. The largest absolute Gasteiger partial charge is 0.460 e. The van der Waals surface area contributed by atoms with Gasteiger partial charge in [0, 0.05) is 56.1 Å². The molecule has 0 amide bonds. The molecule has 0 saturated carbocycles. The Labute approximate surface area is 386 Å². The highest BCUT2D eigenvalue weighted by atomic mass is 16.3. The highest BCUT2D eigenvalue weighted by Gasteiger charge is 2.36. The molecular formula is C63H49NO2. The van der Waals surface area contributed by atoms with Gasteiger partial charge in [0.25, 0.3) is 0 Å². The zero-order valence-corrected chi connectivity index (χ0v) is 37.4. The first kappa shape index (κ1) is 38.8. The van der Waals surface area contributed by atoms with Crippen LogP contribution >= 0.6 is 0 Å². The van der Waals surface area contributed by atoms with Crippen LogP contribution in [-0.4, -0.2) is 6.04 Å². The highest BCUT2D eigenvalue weighted by Crippen LogP contribution is 2.51. The van der Waals surface area contributed by atoms with E-state index in [1.54, 1.807) is 0 Å². The van der Waals surface area contributed by atoms with E-state index in [2.05, 4.69) is 207 Å². The zero-order chi connectivity index (χ0) is 43.9. The number of furan rings is 2. The van der Waals surface area contributed by atoms with Crippen molar-refractivity contribution in [2.45, 2.75) is 57.4 Å². The Hall–Kier alpha value is -7.62. The molecule has 2 heterocycles. The summed E-state index contributed by atoms with van der Waals surface area (Å²) in [5, 5.41) is 3.47. The maximum absolute atomic E-state index is 6.56. The summed E-state index contributed by atoms with van der Waals surface area (Å²) in [7, 11) is 0. The zero-order valence-electron chi connectivity index (χ0n) is 37.4. The van der Waals surface area contributed by atoms with E-state index < -0.39 is 0 Å². The number of anilines is 2. The molecule has 13 rings (SSSR count). The van der Waals surface area contributed by atoms with Crippen molar-refractivity contribution in [1.82, 2.24) is 0 Å². The van der Waals surface area contributed by atoms with Crippen molar-refractivity contribution in [1.29, 1.82) is 0 Å². The molecule has 66 heavy (non-hydrogen) atoms. The smallest absolute Gasteiger partial charge is 0.143 e. The lowest BCUT2D eigenvalue weighted by atomic mass is 9.81. The molecule has 9 aromatic rings. The van der Waals surface area contributed by atoms with E-state index in [4.69, 9.17) is 8.83 Å². The third kappa shape index (κ3) is 6.25. The number of allylic oxidation sites excluding steroid dienone is 7. The van der Waals surface area contributed by atoms with Gasteiger partial charge in [-0.25, -0.2) is 0 Å². The predicted molar refractivity (Wildman–Crippen MR) is 276 cm³/mol. The molecule has 7 aromatic carbocycles. The van der Waals surface area contributed by atoms with E-state index >= 15 is 0 Å². The van der Waals surface area contributed by atoms with E-state index in [1.165, 1.54) is 55.5 Å². The second-order valence-corrected chi connectivity index (χ2v) is 18.9. The molecule has 1 unspecified atom stereocenters. The normalized spacial score (nSPS) is 16.9. The van der Waals surface area contributed by atoms with Crippen molar-refractivity contribution in [2.75, 3.05) is 4.90 Å². The van der Waals surface area contributed by atoms with Crippen molar-refractivity contribution in [2.24, 2.45) is 0 Å². The molecular weight excluding hydrogens is 803 g/mol. The van der Waals surface area contributed by atoms with Crippen molar-refractivity contribution in [3.63, 3.8) is 0 Å². The van der Waals surface area contributed by atoms with Crippen molar-refractivity contribution in [3.05, 3.63) is 222 Å². The number of fused-ring (bicyclic) bond motifs is 9. The Morgan fingerprint density at radius 1 is 0.545 bits per heavy atom. The molecule has 0 fully saturated rings. The summed E-state index contributed by atoms with van der Waals surface area (Å²) >= 11 is 0. The van der Waals surface area contributed by atoms with Gasteiger partial charge in [-0.15, -0.1) is 0 Å². The lowest BCUT2D eigenvalue weighted by Crippen LogP contribution is -2.30. The average molecular weight is 852 g/mol. The monoisotopic (exact) mass is 851 g/mol. The Balaban J connectivity index is 0.865. The third-order valence-electron chi connectivity index (χ3n) is 14.7. The number of hydrogen-bond acceptors (Lipinski definition) is 3. The van der Waals surface area contributed by atoms with Gasteiger partial charge in [0.15, 0.2) is 0 Å². The number of rotatable bonds is 7. The van der Waals surface area contributed by atoms with Crippen LogP contribution in [0.5, 0.6) is 0 Å². The summed E-state index contributed by atoms with van der Waals surface area (Å²) < 4.78 is 13.0. The first-order valence-corrected chi connectivity index (χ1v) is 23.6. The van der Waals surface area contributed by atoms with Gasteiger partial charge in [-0.1, -0.05) is 166 Å². The molecule has 4 aliphatic carbocycles. The van der Waals surface area contributed by atoms with E-state index in [0.717, 1.165) is 99.0 Å². The van der Waals surface area contributed by atoms with E-state index in [0.29, 0.717) is 0 Å². The average Bonchev–Trinajstić information content (AvgIpc) is 4.02. The van der Waals surface area contributed by atoms with E-state index in [9.17, 15) is 0 Å². The number of hydrogen-bond donors (Lipinski definition) is 0. The SMILES string of the molecule is CC1(C)c2ccc(C3=CC=CC(N(c4ccc(-c5cccc6c7c(oc56)CCC=C7)cc4)c4ccc(-c5cccc6c5oc5ccccc56)cc4)C3)cc2-c2ccc(C3=CCCC=C3)cc21. The summed E-state index contributed by atoms with van der Waals surface area (Å²) in [6, 6.07) is 53.9. The molecule has 3 heteroatoms.